The lowest BCUT2D eigenvalue weighted by Crippen LogP contribution is -2.03. The summed E-state index contributed by atoms with van der Waals surface area (Å²) in [6.07, 6.45) is 2.08. The Labute approximate surface area is 123 Å². The largest absolute Gasteiger partial charge is 0.379 e. The van der Waals surface area contributed by atoms with Gasteiger partial charge in [0.05, 0.1) is 17.9 Å². The highest BCUT2D eigenvalue weighted by atomic mass is 127. The number of imidazole rings is 1. The summed E-state index contributed by atoms with van der Waals surface area (Å²) in [5, 5.41) is 5.52. The van der Waals surface area contributed by atoms with E-state index in [9.17, 15) is 0 Å². The van der Waals surface area contributed by atoms with E-state index in [0.717, 1.165) is 22.9 Å². The number of halogens is 1. The van der Waals surface area contributed by atoms with Gasteiger partial charge in [0.25, 0.3) is 0 Å². The fraction of sp³-hybridized carbons (Fsp3) is 0.154. The van der Waals surface area contributed by atoms with Gasteiger partial charge in [-0.05, 0) is 47.7 Å². The van der Waals surface area contributed by atoms with Crippen LogP contribution in [0.1, 0.15) is 11.4 Å². The van der Waals surface area contributed by atoms with Gasteiger partial charge in [-0.1, -0.05) is 6.07 Å². The quantitative estimate of drug-likeness (QED) is 0.710. The highest BCUT2D eigenvalue weighted by Gasteiger charge is 2.08. The Morgan fingerprint density at radius 1 is 1.44 bits per heavy atom. The molecule has 1 aromatic carbocycles. The van der Waals surface area contributed by atoms with Crippen molar-refractivity contribution in [2.24, 2.45) is 0 Å². The maximum atomic E-state index is 4.54. The van der Waals surface area contributed by atoms with E-state index in [4.69, 9.17) is 0 Å². The molecule has 0 unspecified atom stereocenters. The number of anilines is 1. The average molecular weight is 369 g/mol. The first-order valence-electron chi connectivity index (χ1n) is 5.64. The summed E-state index contributed by atoms with van der Waals surface area (Å²) in [6, 6.07) is 8.38. The molecule has 0 fully saturated rings. The zero-order chi connectivity index (χ0) is 12.5. The molecule has 1 N–H and O–H groups in total. The van der Waals surface area contributed by atoms with E-state index in [-0.39, 0.29) is 0 Å². The molecule has 2 heterocycles. The maximum Gasteiger partial charge on any atom is 0.194 e. The second-order valence-electron chi connectivity index (χ2n) is 4.06. The van der Waals surface area contributed by atoms with Crippen LogP contribution in [0.4, 0.5) is 5.69 Å². The van der Waals surface area contributed by atoms with Crippen LogP contribution < -0.4 is 5.32 Å². The van der Waals surface area contributed by atoms with Crippen LogP contribution >= 0.6 is 33.9 Å². The zero-order valence-electron chi connectivity index (χ0n) is 9.85. The van der Waals surface area contributed by atoms with Gasteiger partial charge in [-0.3, -0.25) is 4.40 Å². The molecule has 0 atom stereocenters. The van der Waals surface area contributed by atoms with Gasteiger partial charge in [-0.15, -0.1) is 11.3 Å². The molecule has 0 amide bonds. The first-order valence-corrected chi connectivity index (χ1v) is 7.60. The Hall–Kier alpha value is -1.08. The minimum absolute atomic E-state index is 0.795. The molecule has 3 nitrogen and oxygen atoms in total. The standard InChI is InChI=1S/C13H12IN3S/c1-9-12(17-5-6-18-13(17)16-9)8-15-11-4-2-3-10(14)7-11/h2-7,15H,8H2,1H3. The van der Waals surface area contributed by atoms with Crippen molar-refractivity contribution in [1.29, 1.82) is 0 Å². The Bertz CT molecular complexity index is 686. The predicted octanol–water partition coefficient (Wildman–Crippen LogP) is 3.92. The van der Waals surface area contributed by atoms with Crippen molar-refractivity contribution in [3.63, 3.8) is 0 Å². The number of fused-ring (bicyclic) bond motifs is 1. The topological polar surface area (TPSA) is 29.3 Å². The molecule has 0 radical (unpaired) electrons. The summed E-state index contributed by atoms with van der Waals surface area (Å²) in [7, 11) is 0. The van der Waals surface area contributed by atoms with Gasteiger partial charge in [0, 0.05) is 20.8 Å². The number of aryl methyl sites for hydroxylation is 1. The van der Waals surface area contributed by atoms with Crippen molar-refractivity contribution < 1.29 is 0 Å². The third-order valence-electron chi connectivity index (χ3n) is 2.85. The minimum Gasteiger partial charge on any atom is -0.379 e. The van der Waals surface area contributed by atoms with Gasteiger partial charge >= 0.3 is 0 Å². The van der Waals surface area contributed by atoms with E-state index in [1.807, 2.05) is 0 Å². The van der Waals surface area contributed by atoms with Crippen LogP contribution in [0.25, 0.3) is 4.96 Å². The van der Waals surface area contributed by atoms with Crippen LogP contribution in [0.15, 0.2) is 35.8 Å². The van der Waals surface area contributed by atoms with Crippen LogP contribution in [0, 0.1) is 10.5 Å². The second kappa shape index (κ2) is 4.89. The fourth-order valence-corrected chi connectivity index (χ4v) is 3.26. The number of hydrogen-bond donors (Lipinski definition) is 1. The van der Waals surface area contributed by atoms with Gasteiger partial charge in [0.1, 0.15) is 0 Å². The predicted molar refractivity (Wildman–Crippen MR) is 84.3 cm³/mol. The summed E-state index contributed by atoms with van der Waals surface area (Å²) in [5.41, 5.74) is 3.47. The van der Waals surface area contributed by atoms with Crippen molar-refractivity contribution in [3.05, 3.63) is 50.8 Å². The van der Waals surface area contributed by atoms with Gasteiger partial charge in [0.15, 0.2) is 4.96 Å². The van der Waals surface area contributed by atoms with Gasteiger partial charge in [0.2, 0.25) is 0 Å². The van der Waals surface area contributed by atoms with Gasteiger partial charge in [-0.2, -0.15) is 0 Å². The second-order valence-corrected chi connectivity index (χ2v) is 6.18. The molecular weight excluding hydrogens is 357 g/mol. The fourth-order valence-electron chi connectivity index (χ4n) is 1.94. The van der Waals surface area contributed by atoms with E-state index < -0.39 is 0 Å². The number of nitrogens with one attached hydrogen (secondary N) is 1. The van der Waals surface area contributed by atoms with Crippen LogP contribution in [0.2, 0.25) is 0 Å². The molecule has 0 aliphatic heterocycles. The third-order valence-corrected chi connectivity index (χ3v) is 4.27. The molecule has 0 saturated carbocycles. The highest BCUT2D eigenvalue weighted by molar-refractivity contribution is 14.1. The summed E-state index contributed by atoms with van der Waals surface area (Å²) in [4.78, 5) is 5.60. The van der Waals surface area contributed by atoms with Crippen molar-refractivity contribution in [2.75, 3.05) is 5.32 Å². The number of nitrogens with zero attached hydrogens (tertiary/aromatic N) is 2. The molecular formula is C13H12IN3S. The molecule has 0 saturated heterocycles. The molecule has 5 heteroatoms. The van der Waals surface area contributed by atoms with Crippen molar-refractivity contribution in [3.8, 4) is 0 Å². The summed E-state index contributed by atoms with van der Waals surface area (Å²) in [6.45, 7) is 2.86. The number of thiazole rings is 1. The Morgan fingerprint density at radius 2 is 2.33 bits per heavy atom. The lowest BCUT2D eigenvalue weighted by Gasteiger charge is -2.06. The third kappa shape index (κ3) is 2.24. The van der Waals surface area contributed by atoms with Crippen LogP contribution in [-0.4, -0.2) is 9.38 Å². The van der Waals surface area contributed by atoms with Crippen LogP contribution in [-0.2, 0) is 6.54 Å². The van der Waals surface area contributed by atoms with Crippen molar-refractivity contribution >= 4 is 44.6 Å². The SMILES string of the molecule is Cc1nc2sccn2c1CNc1cccc(I)c1. The van der Waals surface area contributed by atoms with Crippen molar-refractivity contribution in [2.45, 2.75) is 13.5 Å². The van der Waals surface area contributed by atoms with E-state index in [0.29, 0.717) is 0 Å². The molecule has 0 bridgehead atoms. The molecule has 2 aromatic heterocycles. The first-order chi connectivity index (χ1) is 8.74. The Morgan fingerprint density at radius 3 is 3.17 bits per heavy atom. The van der Waals surface area contributed by atoms with E-state index in [1.165, 1.54) is 9.26 Å². The Kier molecular flexibility index (Phi) is 3.25. The first kappa shape index (κ1) is 12.0. The normalized spacial score (nSPS) is 11.0. The molecule has 92 valence electrons. The number of benzene rings is 1. The van der Waals surface area contributed by atoms with Crippen LogP contribution in [0.3, 0.4) is 0 Å². The lowest BCUT2D eigenvalue weighted by molar-refractivity contribution is 0.994. The zero-order valence-corrected chi connectivity index (χ0v) is 12.8. The van der Waals surface area contributed by atoms with Gasteiger partial charge < -0.3 is 5.32 Å². The molecule has 0 spiro atoms. The average Bonchev–Trinajstić information content (AvgIpc) is 2.87. The molecule has 3 aromatic rings. The van der Waals surface area contributed by atoms with E-state index in [1.54, 1.807) is 11.3 Å². The monoisotopic (exact) mass is 369 g/mol. The lowest BCUT2D eigenvalue weighted by atomic mass is 10.3. The minimum atomic E-state index is 0.795. The van der Waals surface area contributed by atoms with Crippen molar-refractivity contribution in [1.82, 2.24) is 9.38 Å². The number of aromatic nitrogens is 2. The molecule has 0 aliphatic carbocycles. The smallest absolute Gasteiger partial charge is 0.194 e. The Balaban J connectivity index is 1.84. The van der Waals surface area contributed by atoms with E-state index in [2.05, 4.69) is 80.1 Å². The number of hydrogen-bond acceptors (Lipinski definition) is 3. The maximum absolute atomic E-state index is 4.54. The summed E-state index contributed by atoms with van der Waals surface area (Å²) >= 11 is 3.99. The highest BCUT2D eigenvalue weighted by Crippen LogP contribution is 2.19. The summed E-state index contributed by atoms with van der Waals surface area (Å²) < 4.78 is 3.39. The molecule has 0 aliphatic rings. The number of rotatable bonds is 3. The van der Waals surface area contributed by atoms with E-state index >= 15 is 0 Å². The van der Waals surface area contributed by atoms with Crippen LogP contribution in [0.5, 0.6) is 0 Å². The summed E-state index contributed by atoms with van der Waals surface area (Å²) in [5.74, 6) is 0. The molecule has 18 heavy (non-hydrogen) atoms. The molecule has 3 rings (SSSR count). The van der Waals surface area contributed by atoms with Gasteiger partial charge in [-0.25, -0.2) is 4.98 Å².